The molecule has 0 unspecified atom stereocenters. The number of halogens is 2. The first-order chi connectivity index (χ1) is 14.6. The van der Waals surface area contributed by atoms with Crippen molar-refractivity contribution < 1.29 is 18.0 Å². The van der Waals surface area contributed by atoms with Gasteiger partial charge in [-0.25, -0.2) is 18.7 Å². The van der Waals surface area contributed by atoms with E-state index in [1.165, 1.54) is 42.9 Å². The van der Waals surface area contributed by atoms with Gasteiger partial charge in [0.2, 0.25) is 5.91 Å². The van der Waals surface area contributed by atoms with Crippen LogP contribution in [0, 0.1) is 11.6 Å². The lowest BCUT2D eigenvalue weighted by molar-refractivity contribution is -0.116. The third kappa shape index (κ3) is 5.09. The number of thiazole rings is 1. The molecule has 1 aliphatic rings. The number of hydrogen-bond acceptors (Lipinski definition) is 6. The van der Waals surface area contributed by atoms with Crippen LogP contribution >= 0.6 is 11.3 Å². The monoisotopic (exact) mass is 432 g/mol. The second-order valence-corrected chi connectivity index (χ2v) is 8.10. The molecule has 1 amide bonds. The Morgan fingerprint density at radius 3 is 2.73 bits per heavy atom. The summed E-state index contributed by atoms with van der Waals surface area (Å²) < 4.78 is 33.1. The Morgan fingerprint density at radius 2 is 1.97 bits per heavy atom. The Balaban J connectivity index is 1.29. The van der Waals surface area contributed by atoms with Crippen molar-refractivity contribution in [2.24, 2.45) is 0 Å². The van der Waals surface area contributed by atoms with Gasteiger partial charge in [-0.15, -0.1) is 11.3 Å². The highest BCUT2D eigenvalue weighted by molar-refractivity contribution is 7.13. The Hall–Kier alpha value is -2.65. The van der Waals surface area contributed by atoms with Crippen LogP contribution in [0.25, 0.3) is 11.3 Å². The zero-order valence-corrected chi connectivity index (χ0v) is 17.2. The second kappa shape index (κ2) is 9.44. The first-order valence-corrected chi connectivity index (χ1v) is 10.8. The quantitative estimate of drug-likeness (QED) is 0.589. The fraction of sp³-hybridized carbons (Fsp3) is 0.381. The van der Waals surface area contributed by atoms with E-state index >= 15 is 0 Å². The van der Waals surface area contributed by atoms with Crippen molar-refractivity contribution in [3.8, 4) is 11.3 Å². The first-order valence-electron chi connectivity index (χ1n) is 9.94. The van der Waals surface area contributed by atoms with Crippen molar-refractivity contribution in [3.05, 3.63) is 53.0 Å². The van der Waals surface area contributed by atoms with Gasteiger partial charge < -0.3 is 9.73 Å². The summed E-state index contributed by atoms with van der Waals surface area (Å²) in [5.41, 5.74) is 0.700. The average Bonchev–Trinajstić information content (AvgIpc) is 3.37. The lowest BCUT2D eigenvalue weighted by Crippen LogP contribution is -2.29. The fourth-order valence-corrected chi connectivity index (χ4v) is 4.18. The van der Waals surface area contributed by atoms with Crippen molar-refractivity contribution in [2.75, 3.05) is 18.4 Å². The zero-order valence-electron chi connectivity index (χ0n) is 16.4. The molecule has 0 spiro atoms. The number of carbonyl (C=O) groups excluding carboxylic acids is 1. The molecule has 0 bridgehead atoms. The van der Waals surface area contributed by atoms with E-state index in [1.807, 2.05) is 5.38 Å². The highest BCUT2D eigenvalue weighted by atomic mass is 32.1. The Morgan fingerprint density at radius 1 is 1.20 bits per heavy atom. The number of nitrogens with one attached hydrogen (secondary N) is 1. The minimum atomic E-state index is -0.723. The van der Waals surface area contributed by atoms with E-state index in [1.54, 1.807) is 0 Å². The molecule has 1 N–H and O–H groups in total. The van der Waals surface area contributed by atoms with Crippen LogP contribution in [-0.2, 0) is 17.8 Å². The van der Waals surface area contributed by atoms with Gasteiger partial charge in [0.1, 0.15) is 11.6 Å². The normalized spacial score (nSPS) is 14.7. The Bertz CT molecular complexity index is 994. The molecule has 0 atom stereocenters. The number of carbonyl (C=O) groups is 1. The number of oxazole rings is 1. The molecule has 158 valence electrons. The lowest BCUT2D eigenvalue weighted by atomic mass is 10.1. The molecule has 2 aromatic heterocycles. The molecule has 1 fully saturated rings. The highest BCUT2D eigenvalue weighted by Gasteiger charge is 2.17. The molecule has 4 rings (SSSR count). The van der Waals surface area contributed by atoms with Crippen LogP contribution in [0.1, 0.15) is 37.3 Å². The number of aromatic nitrogens is 2. The summed E-state index contributed by atoms with van der Waals surface area (Å²) in [6.07, 6.45) is 5.34. The maximum absolute atomic E-state index is 13.9. The van der Waals surface area contributed by atoms with Crippen LogP contribution in [0.15, 0.2) is 34.2 Å². The summed E-state index contributed by atoms with van der Waals surface area (Å²) in [5, 5.41) is 5.32. The van der Waals surface area contributed by atoms with Gasteiger partial charge in [-0.2, -0.15) is 0 Å². The highest BCUT2D eigenvalue weighted by Crippen LogP contribution is 2.27. The fourth-order valence-electron chi connectivity index (χ4n) is 3.46. The van der Waals surface area contributed by atoms with Crippen molar-refractivity contribution in [3.63, 3.8) is 0 Å². The number of aryl methyl sites for hydroxylation is 1. The lowest BCUT2D eigenvalue weighted by Gasteiger charge is -2.25. The van der Waals surface area contributed by atoms with Crippen molar-refractivity contribution >= 4 is 22.4 Å². The summed E-state index contributed by atoms with van der Waals surface area (Å²) in [6.45, 7) is 2.99. The minimum absolute atomic E-state index is 0.00304. The number of benzene rings is 1. The number of piperidine rings is 1. The molecule has 6 nitrogen and oxygen atoms in total. The molecule has 9 heteroatoms. The van der Waals surface area contributed by atoms with Gasteiger partial charge in [0.25, 0.3) is 0 Å². The molecule has 1 aromatic carbocycles. The number of nitrogens with zero attached hydrogens (tertiary/aromatic N) is 3. The summed E-state index contributed by atoms with van der Waals surface area (Å²) in [7, 11) is 0. The summed E-state index contributed by atoms with van der Waals surface area (Å²) in [4.78, 5) is 23.1. The van der Waals surface area contributed by atoms with Gasteiger partial charge >= 0.3 is 0 Å². The number of amides is 1. The van der Waals surface area contributed by atoms with Gasteiger partial charge in [0.05, 0.1) is 17.5 Å². The topological polar surface area (TPSA) is 71.3 Å². The van der Waals surface area contributed by atoms with Gasteiger partial charge in [-0.1, -0.05) is 12.5 Å². The van der Waals surface area contributed by atoms with Gasteiger partial charge in [0.15, 0.2) is 16.8 Å². The summed E-state index contributed by atoms with van der Waals surface area (Å²) >= 11 is 1.40. The second-order valence-electron chi connectivity index (χ2n) is 7.24. The standard InChI is InChI=1S/C21H22F2N4O2S/c22-15-5-4-6-16(23)20(15)17-11-24-19(29-17)8-7-18(28)26-21-25-14(13-30-21)12-27-9-2-1-3-10-27/h4-6,11,13H,1-3,7-10,12H2,(H,25,26,28). The maximum atomic E-state index is 13.9. The molecule has 1 saturated heterocycles. The molecule has 3 aromatic rings. The minimum Gasteiger partial charge on any atom is -0.441 e. The van der Waals surface area contributed by atoms with E-state index in [9.17, 15) is 13.6 Å². The molecular weight excluding hydrogens is 410 g/mol. The molecule has 0 radical (unpaired) electrons. The van der Waals surface area contributed by atoms with Crippen molar-refractivity contribution in [2.45, 2.75) is 38.6 Å². The van der Waals surface area contributed by atoms with Gasteiger partial charge in [-0.3, -0.25) is 9.69 Å². The number of likely N-dealkylation sites (tertiary alicyclic amines) is 1. The third-order valence-electron chi connectivity index (χ3n) is 4.96. The number of anilines is 1. The van der Waals surface area contributed by atoms with E-state index in [0.29, 0.717) is 5.13 Å². The van der Waals surface area contributed by atoms with Gasteiger partial charge in [-0.05, 0) is 38.1 Å². The third-order valence-corrected chi connectivity index (χ3v) is 5.77. The van der Waals surface area contributed by atoms with Crippen LogP contribution in [0.2, 0.25) is 0 Å². The van der Waals surface area contributed by atoms with E-state index in [0.717, 1.165) is 37.5 Å². The molecule has 3 heterocycles. The first kappa shape index (κ1) is 20.6. The van der Waals surface area contributed by atoms with Crippen molar-refractivity contribution in [1.29, 1.82) is 0 Å². The molecule has 30 heavy (non-hydrogen) atoms. The number of hydrogen-bond donors (Lipinski definition) is 1. The summed E-state index contributed by atoms with van der Waals surface area (Å²) in [6, 6.07) is 3.59. The summed E-state index contributed by atoms with van der Waals surface area (Å²) in [5.74, 6) is -1.42. The van der Waals surface area contributed by atoms with Crippen LogP contribution in [-0.4, -0.2) is 33.9 Å². The van der Waals surface area contributed by atoms with E-state index < -0.39 is 11.6 Å². The average molecular weight is 432 g/mol. The van der Waals surface area contributed by atoms with Gasteiger partial charge in [0, 0.05) is 24.8 Å². The molecule has 1 aliphatic heterocycles. The Kier molecular flexibility index (Phi) is 6.49. The maximum Gasteiger partial charge on any atom is 0.226 e. The van der Waals surface area contributed by atoms with Crippen LogP contribution in [0.3, 0.4) is 0 Å². The Labute approximate surface area is 177 Å². The van der Waals surface area contributed by atoms with Crippen LogP contribution in [0.5, 0.6) is 0 Å². The van der Waals surface area contributed by atoms with E-state index in [4.69, 9.17) is 4.42 Å². The molecule has 0 aliphatic carbocycles. The smallest absolute Gasteiger partial charge is 0.226 e. The van der Waals surface area contributed by atoms with Crippen LogP contribution < -0.4 is 5.32 Å². The zero-order chi connectivity index (χ0) is 20.9. The van der Waals surface area contributed by atoms with Crippen LogP contribution in [0.4, 0.5) is 13.9 Å². The predicted molar refractivity (Wildman–Crippen MR) is 110 cm³/mol. The predicted octanol–water partition coefficient (Wildman–Crippen LogP) is 4.63. The SMILES string of the molecule is O=C(CCc1ncc(-c2c(F)cccc2F)o1)Nc1nc(CN2CCCCC2)cs1. The molecular formula is C21H22F2N4O2S. The van der Waals surface area contributed by atoms with E-state index in [-0.39, 0.29) is 36.0 Å². The van der Waals surface area contributed by atoms with Crippen molar-refractivity contribution in [1.82, 2.24) is 14.9 Å². The van der Waals surface area contributed by atoms with E-state index in [2.05, 4.69) is 20.2 Å². The molecule has 0 saturated carbocycles. The largest absolute Gasteiger partial charge is 0.441 e. The number of rotatable bonds is 7.